The molecular formula is C19H27NO2. The second-order valence-corrected chi connectivity index (χ2v) is 8.74. The lowest BCUT2D eigenvalue weighted by Gasteiger charge is -2.57. The summed E-state index contributed by atoms with van der Waals surface area (Å²) in [6.45, 7) is 2.29. The van der Waals surface area contributed by atoms with E-state index >= 15 is 0 Å². The molecule has 0 aromatic rings. The van der Waals surface area contributed by atoms with E-state index in [-0.39, 0.29) is 16.9 Å². The Morgan fingerprint density at radius 1 is 1.09 bits per heavy atom. The molecule has 3 unspecified atom stereocenters. The summed E-state index contributed by atoms with van der Waals surface area (Å²) in [5.41, 5.74) is -0.250. The second-order valence-electron chi connectivity index (χ2n) is 8.74. The van der Waals surface area contributed by atoms with Crippen molar-refractivity contribution in [3.05, 3.63) is 0 Å². The number of aliphatic hydroxyl groups excluding tert-OH is 1. The molecule has 0 spiro atoms. The maximum Gasteiger partial charge on any atom is 0.134 e. The molecule has 0 saturated heterocycles. The number of nitriles is 1. The first-order valence-electron chi connectivity index (χ1n) is 9.11. The van der Waals surface area contributed by atoms with Crippen molar-refractivity contribution in [2.45, 2.75) is 70.8 Å². The van der Waals surface area contributed by atoms with Crippen LogP contribution in [0.2, 0.25) is 0 Å². The highest BCUT2D eigenvalue weighted by molar-refractivity contribution is 5.80. The van der Waals surface area contributed by atoms with Gasteiger partial charge in [0.15, 0.2) is 0 Å². The Labute approximate surface area is 133 Å². The SMILES string of the molecule is C[C@]12CCC3C(CC[C@@]4(C#N)CC(=O)CC[C@H]34)C1CC[C@@H]2O. The van der Waals surface area contributed by atoms with E-state index < -0.39 is 0 Å². The Kier molecular flexibility index (Phi) is 3.21. The summed E-state index contributed by atoms with van der Waals surface area (Å²) >= 11 is 0. The number of carbonyl (C=O) groups excluding carboxylic acids is 1. The number of carbonyl (C=O) groups is 1. The average molecular weight is 301 g/mol. The summed E-state index contributed by atoms with van der Waals surface area (Å²) in [6.07, 6.45) is 8.35. The van der Waals surface area contributed by atoms with Gasteiger partial charge in [0.2, 0.25) is 0 Å². The Balaban J connectivity index is 1.65. The molecular weight excluding hydrogens is 274 g/mol. The fourth-order valence-corrected chi connectivity index (χ4v) is 6.87. The Bertz CT molecular complexity index is 538. The number of rotatable bonds is 0. The van der Waals surface area contributed by atoms with Crippen molar-refractivity contribution in [3.8, 4) is 6.07 Å². The minimum Gasteiger partial charge on any atom is -0.393 e. The second kappa shape index (κ2) is 4.81. The molecule has 4 saturated carbocycles. The van der Waals surface area contributed by atoms with Crippen LogP contribution < -0.4 is 0 Å². The molecule has 3 nitrogen and oxygen atoms in total. The van der Waals surface area contributed by atoms with E-state index in [4.69, 9.17) is 0 Å². The number of Topliss-reactive ketones (excluding diaryl/α,β-unsaturated/α-hetero) is 1. The lowest BCUT2D eigenvalue weighted by molar-refractivity contribution is -0.133. The van der Waals surface area contributed by atoms with Crippen LogP contribution >= 0.6 is 0 Å². The molecule has 0 heterocycles. The van der Waals surface area contributed by atoms with Gasteiger partial charge in [0.05, 0.1) is 17.6 Å². The van der Waals surface area contributed by atoms with Crippen LogP contribution in [0.25, 0.3) is 0 Å². The molecule has 4 aliphatic carbocycles. The third-order valence-electron chi connectivity index (χ3n) is 8.06. The predicted octanol–water partition coefficient (Wildman–Crippen LogP) is 3.46. The topological polar surface area (TPSA) is 61.1 Å². The van der Waals surface area contributed by atoms with Crippen LogP contribution in [0.1, 0.15) is 64.7 Å². The zero-order chi connectivity index (χ0) is 15.5. The summed E-state index contributed by atoms with van der Waals surface area (Å²) in [6, 6.07) is 2.59. The van der Waals surface area contributed by atoms with E-state index in [1.165, 1.54) is 0 Å². The molecule has 4 fully saturated rings. The summed E-state index contributed by atoms with van der Waals surface area (Å²) < 4.78 is 0. The van der Waals surface area contributed by atoms with Crippen LogP contribution in [-0.2, 0) is 4.79 Å². The number of hydrogen-bond acceptors (Lipinski definition) is 3. The highest BCUT2D eigenvalue weighted by Gasteiger charge is 2.60. The van der Waals surface area contributed by atoms with E-state index in [0.29, 0.717) is 42.3 Å². The molecule has 3 heteroatoms. The summed E-state index contributed by atoms with van der Waals surface area (Å²) in [5.74, 6) is 2.65. The number of hydrogen-bond donors (Lipinski definition) is 1. The van der Waals surface area contributed by atoms with Crippen molar-refractivity contribution in [2.75, 3.05) is 0 Å². The molecule has 4 aliphatic rings. The third-order valence-corrected chi connectivity index (χ3v) is 8.06. The minimum atomic E-state index is -0.360. The van der Waals surface area contributed by atoms with Gasteiger partial charge >= 0.3 is 0 Å². The number of ketones is 1. The van der Waals surface area contributed by atoms with Gasteiger partial charge in [-0.1, -0.05) is 6.92 Å². The van der Waals surface area contributed by atoms with Gasteiger partial charge < -0.3 is 5.11 Å². The molecule has 0 aliphatic heterocycles. The summed E-state index contributed by atoms with van der Waals surface area (Å²) in [4.78, 5) is 11.9. The van der Waals surface area contributed by atoms with Gasteiger partial charge in [0.25, 0.3) is 0 Å². The first kappa shape index (κ1) is 14.7. The van der Waals surface area contributed by atoms with Crippen LogP contribution in [0.3, 0.4) is 0 Å². The molecule has 0 aromatic heterocycles. The Morgan fingerprint density at radius 2 is 1.82 bits per heavy atom. The van der Waals surface area contributed by atoms with Crippen LogP contribution in [0, 0.1) is 45.8 Å². The van der Waals surface area contributed by atoms with Gasteiger partial charge in [0.1, 0.15) is 5.78 Å². The maximum absolute atomic E-state index is 11.9. The van der Waals surface area contributed by atoms with Crippen LogP contribution in [0.5, 0.6) is 0 Å². The van der Waals surface area contributed by atoms with Gasteiger partial charge in [0, 0.05) is 12.8 Å². The van der Waals surface area contributed by atoms with Gasteiger partial charge in [-0.2, -0.15) is 5.26 Å². The van der Waals surface area contributed by atoms with Crippen molar-refractivity contribution in [3.63, 3.8) is 0 Å². The molecule has 0 radical (unpaired) electrons. The van der Waals surface area contributed by atoms with Crippen LogP contribution in [0.15, 0.2) is 0 Å². The smallest absolute Gasteiger partial charge is 0.134 e. The third kappa shape index (κ3) is 1.80. The number of aliphatic hydroxyl groups is 1. The maximum atomic E-state index is 11.9. The predicted molar refractivity (Wildman–Crippen MR) is 82.7 cm³/mol. The monoisotopic (exact) mass is 301 g/mol. The zero-order valence-corrected chi connectivity index (χ0v) is 13.6. The Morgan fingerprint density at radius 3 is 2.59 bits per heavy atom. The van der Waals surface area contributed by atoms with Crippen molar-refractivity contribution in [2.24, 2.45) is 34.5 Å². The fraction of sp³-hybridized carbons (Fsp3) is 0.895. The molecule has 0 aromatic carbocycles. The standard InChI is InChI=1S/C19H27NO2/c1-18-8-6-14-13(15(18)4-5-17(18)22)7-9-19(11-20)10-12(21)2-3-16(14)19/h13-17,22H,2-10H2,1H3/t13?,14?,15?,16-,17+,18+,19+/m1/s1. The molecule has 1 N–H and O–H groups in total. The highest BCUT2D eigenvalue weighted by atomic mass is 16.3. The van der Waals surface area contributed by atoms with Crippen molar-refractivity contribution >= 4 is 5.78 Å². The van der Waals surface area contributed by atoms with E-state index in [1.807, 2.05) is 0 Å². The molecule has 7 atom stereocenters. The summed E-state index contributed by atoms with van der Waals surface area (Å²) in [7, 11) is 0. The fourth-order valence-electron chi connectivity index (χ4n) is 6.87. The van der Waals surface area contributed by atoms with Crippen molar-refractivity contribution in [1.82, 2.24) is 0 Å². The van der Waals surface area contributed by atoms with Crippen LogP contribution in [0.4, 0.5) is 0 Å². The Hall–Kier alpha value is -0.880. The normalized spacial score (nSPS) is 54.0. The quantitative estimate of drug-likeness (QED) is 0.745. The van der Waals surface area contributed by atoms with Gasteiger partial charge in [-0.25, -0.2) is 0 Å². The van der Waals surface area contributed by atoms with E-state index in [0.717, 1.165) is 44.9 Å². The largest absolute Gasteiger partial charge is 0.393 e. The molecule has 120 valence electrons. The van der Waals surface area contributed by atoms with Crippen molar-refractivity contribution in [1.29, 1.82) is 5.26 Å². The lowest BCUT2D eigenvalue weighted by Crippen LogP contribution is -2.53. The molecule has 0 bridgehead atoms. The van der Waals surface area contributed by atoms with E-state index in [9.17, 15) is 15.2 Å². The molecule has 0 amide bonds. The van der Waals surface area contributed by atoms with Crippen molar-refractivity contribution < 1.29 is 9.90 Å². The molecule has 4 rings (SSSR count). The first-order chi connectivity index (χ1) is 10.5. The van der Waals surface area contributed by atoms with E-state index in [2.05, 4.69) is 13.0 Å². The number of nitrogens with zero attached hydrogens (tertiary/aromatic N) is 1. The lowest BCUT2D eigenvalue weighted by atomic mass is 9.46. The average Bonchev–Trinajstić information content (AvgIpc) is 2.82. The van der Waals surface area contributed by atoms with Crippen LogP contribution in [-0.4, -0.2) is 17.0 Å². The minimum absolute atomic E-state index is 0.109. The zero-order valence-electron chi connectivity index (χ0n) is 13.6. The van der Waals surface area contributed by atoms with Gasteiger partial charge in [-0.3, -0.25) is 4.79 Å². The van der Waals surface area contributed by atoms with Gasteiger partial charge in [-0.15, -0.1) is 0 Å². The summed E-state index contributed by atoms with van der Waals surface area (Å²) in [5, 5.41) is 20.3. The molecule has 22 heavy (non-hydrogen) atoms. The van der Waals surface area contributed by atoms with Gasteiger partial charge in [-0.05, 0) is 74.0 Å². The number of fused-ring (bicyclic) bond motifs is 5. The first-order valence-corrected chi connectivity index (χ1v) is 9.11. The van der Waals surface area contributed by atoms with E-state index in [1.54, 1.807) is 0 Å². The highest BCUT2D eigenvalue weighted by Crippen LogP contribution is 2.64.